The van der Waals surface area contributed by atoms with Gasteiger partial charge >= 0.3 is 0 Å². The zero-order valence-corrected chi connectivity index (χ0v) is 18.6. The van der Waals surface area contributed by atoms with Crippen molar-refractivity contribution in [1.29, 1.82) is 0 Å². The number of aromatic nitrogens is 5. The van der Waals surface area contributed by atoms with E-state index in [1.807, 2.05) is 39.2 Å². The van der Waals surface area contributed by atoms with E-state index in [2.05, 4.69) is 38.8 Å². The molecule has 8 heteroatoms. The van der Waals surface area contributed by atoms with Crippen LogP contribution in [0.2, 0.25) is 0 Å². The maximum absolute atomic E-state index is 12.0. The molecule has 2 N–H and O–H groups in total. The smallest absolute Gasteiger partial charge is 0.224 e. The van der Waals surface area contributed by atoms with E-state index >= 15 is 0 Å². The Balaban J connectivity index is 1.64. The van der Waals surface area contributed by atoms with Crippen LogP contribution in [0.1, 0.15) is 23.4 Å². The Kier molecular flexibility index (Phi) is 4.23. The summed E-state index contributed by atoms with van der Waals surface area (Å²) in [6, 6.07) is 10.3. The highest BCUT2D eigenvalue weighted by Crippen LogP contribution is 2.40. The molecule has 0 saturated carbocycles. The molecule has 0 spiro atoms. The molecule has 0 bridgehead atoms. The van der Waals surface area contributed by atoms with Gasteiger partial charge in [-0.15, -0.1) is 0 Å². The highest BCUT2D eigenvalue weighted by atomic mass is 16.5. The molecule has 1 amide bonds. The number of carbonyl (C=O) groups is 1. The van der Waals surface area contributed by atoms with Gasteiger partial charge in [0, 0.05) is 36.5 Å². The molecule has 6 rings (SSSR count). The van der Waals surface area contributed by atoms with Crippen LogP contribution in [0, 0.1) is 13.8 Å². The van der Waals surface area contributed by atoms with Gasteiger partial charge in [-0.3, -0.25) is 9.48 Å². The summed E-state index contributed by atoms with van der Waals surface area (Å²) in [7, 11) is 1.89. The van der Waals surface area contributed by atoms with Gasteiger partial charge in [0.25, 0.3) is 0 Å². The van der Waals surface area contributed by atoms with E-state index in [4.69, 9.17) is 9.51 Å². The average Bonchev–Trinajstić information content (AvgIpc) is 3.50. The summed E-state index contributed by atoms with van der Waals surface area (Å²) in [6.07, 6.45) is 4.89. The van der Waals surface area contributed by atoms with Crippen LogP contribution < -0.4 is 5.32 Å². The molecule has 33 heavy (non-hydrogen) atoms. The molecule has 0 unspecified atom stereocenters. The summed E-state index contributed by atoms with van der Waals surface area (Å²) in [4.78, 5) is 20.4. The number of imidazole rings is 1. The predicted octanol–water partition coefficient (Wildman–Crippen LogP) is 4.79. The third-order valence-corrected chi connectivity index (χ3v) is 6.23. The second-order valence-electron chi connectivity index (χ2n) is 8.49. The van der Waals surface area contributed by atoms with E-state index in [9.17, 15) is 4.79 Å². The number of fused-ring (bicyclic) bond motifs is 2. The summed E-state index contributed by atoms with van der Waals surface area (Å²) < 4.78 is 7.21. The Morgan fingerprint density at radius 3 is 2.73 bits per heavy atom. The lowest BCUT2D eigenvalue weighted by Crippen LogP contribution is -2.19. The molecule has 8 nitrogen and oxygen atoms in total. The van der Waals surface area contributed by atoms with Gasteiger partial charge in [-0.2, -0.15) is 5.10 Å². The Bertz CT molecular complexity index is 1540. The number of H-pyrrole nitrogens is 1. The second-order valence-corrected chi connectivity index (χ2v) is 8.49. The Labute approximate surface area is 189 Å². The fourth-order valence-electron chi connectivity index (χ4n) is 4.72. The zero-order chi connectivity index (χ0) is 22.7. The van der Waals surface area contributed by atoms with Crippen LogP contribution in [0.25, 0.3) is 44.7 Å². The van der Waals surface area contributed by atoms with Gasteiger partial charge in [0.1, 0.15) is 11.6 Å². The van der Waals surface area contributed by atoms with Crippen LogP contribution >= 0.6 is 0 Å². The summed E-state index contributed by atoms with van der Waals surface area (Å²) in [5.74, 6) is 1.58. The molecule has 0 saturated heterocycles. The number of benzene rings is 2. The maximum atomic E-state index is 12.0. The number of hydrogen-bond donors (Lipinski definition) is 2. The van der Waals surface area contributed by atoms with Crippen LogP contribution in [0.3, 0.4) is 0 Å². The first-order valence-corrected chi connectivity index (χ1v) is 10.9. The van der Waals surface area contributed by atoms with Crippen molar-refractivity contribution < 1.29 is 9.32 Å². The first kappa shape index (κ1) is 19.5. The number of nitrogens with zero attached hydrogens (tertiary/aromatic N) is 4. The molecule has 0 fully saturated rings. The average molecular weight is 438 g/mol. The highest BCUT2D eigenvalue weighted by Gasteiger charge is 2.22. The SMILES string of the molecule is Cc1noc(C)c1-c1cc(-c2cccc3c2CCC(=O)N3)c2nc(-c3cnn(C)c3)[nH]c2c1. The lowest BCUT2D eigenvalue weighted by molar-refractivity contribution is -0.116. The van der Waals surface area contributed by atoms with Gasteiger partial charge in [0.15, 0.2) is 0 Å². The van der Waals surface area contributed by atoms with Crippen molar-refractivity contribution in [2.24, 2.45) is 7.05 Å². The van der Waals surface area contributed by atoms with Gasteiger partial charge in [-0.1, -0.05) is 17.3 Å². The monoisotopic (exact) mass is 438 g/mol. The quantitative estimate of drug-likeness (QED) is 0.422. The summed E-state index contributed by atoms with van der Waals surface area (Å²) >= 11 is 0. The standard InChI is InChI=1S/C25H22N6O2/c1-13-23(14(2)33-30-13)15-9-19(17-5-4-6-20-18(17)7-8-22(32)27-20)24-21(10-15)28-25(29-24)16-11-26-31(3)12-16/h4-6,9-12H,7-8H2,1-3H3,(H,27,32)(H,28,29). The number of hydrogen-bond acceptors (Lipinski definition) is 5. The first-order chi connectivity index (χ1) is 16.0. The highest BCUT2D eigenvalue weighted by molar-refractivity contribution is 6.01. The Hall–Kier alpha value is -4.20. The van der Waals surface area contributed by atoms with E-state index in [0.29, 0.717) is 12.8 Å². The van der Waals surface area contributed by atoms with Gasteiger partial charge in [0.05, 0.1) is 28.5 Å². The van der Waals surface area contributed by atoms with E-state index in [1.165, 1.54) is 0 Å². The molecule has 3 aromatic heterocycles. The maximum Gasteiger partial charge on any atom is 0.224 e. The van der Waals surface area contributed by atoms with Crippen LogP contribution in [0.15, 0.2) is 47.2 Å². The van der Waals surface area contributed by atoms with Crippen molar-refractivity contribution in [2.45, 2.75) is 26.7 Å². The van der Waals surface area contributed by atoms with Crippen molar-refractivity contribution in [3.63, 3.8) is 0 Å². The van der Waals surface area contributed by atoms with Crippen LogP contribution in [-0.2, 0) is 18.3 Å². The number of aromatic amines is 1. The largest absolute Gasteiger partial charge is 0.361 e. The minimum Gasteiger partial charge on any atom is -0.361 e. The number of amides is 1. The normalized spacial score (nSPS) is 13.4. The van der Waals surface area contributed by atoms with Crippen molar-refractivity contribution in [1.82, 2.24) is 24.9 Å². The second kappa shape index (κ2) is 7.16. The van der Waals surface area contributed by atoms with Gasteiger partial charge in [0.2, 0.25) is 5.91 Å². The minimum absolute atomic E-state index is 0.0490. The third-order valence-electron chi connectivity index (χ3n) is 6.23. The van der Waals surface area contributed by atoms with E-state index in [-0.39, 0.29) is 5.91 Å². The lowest BCUT2D eigenvalue weighted by Gasteiger charge is -2.20. The number of anilines is 1. The molecule has 0 aliphatic carbocycles. The summed E-state index contributed by atoms with van der Waals surface area (Å²) in [5.41, 5.74) is 9.59. The number of rotatable bonds is 3. The van der Waals surface area contributed by atoms with Crippen LogP contribution in [0.4, 0.5) is 5.69 Å². The summed E-state index contributed by atoms with van der Waals surface area (Å²) in [5, 5.41) is 11.4. The molecular weight excluding hydrogens is 416 g/mol. The van der Waals surface area contributed by atoms with Gasteiger partial charge in [-0.05, 0) is 55.2 Å². The van der Waals surface area contributed by atoms with Gasteiger partial charge in [-0.25, -0.2) is 4.98 Å². The topological polar surface area (TPSA) is 102 Å². The zero-order valence-electron chi connectivity index (χ0n) is 18.6. The van der Waals surface area contributed by atoms with E-state index in [1.54, 1.807) is 10.9 Å². The molecule has 0 atom stereocenters. The molecular formula is C25H22N6O2. The molecule has 164 valence electrons. The molecule has 5 aromatic rings. The Morgan fingerprint density at radius 2 is 1.97 bits per heavy atom. The van der Waals surface area contributed by atoms with Gasteiger partial charge < -0.3 is 14.8 Å². The molecule has 4 heterocycles. The Morgan fingerprint density at radius 1 is 1.09 bits per heavy atom. The molecule has 1 aliphatic heterocycles. The summed E-state index contributed by atoms with van der Waals surface area (Å²) in [6.45, 7) is 3.87. The van der Waals surface area contributed by atoms with E-state index in [0.717, 1.165) is 67.4 Å². The third kappa shape index (κ3) is 3.14. The van der Waals surface area contributed by atoms with Crippen molar-refractivity contribution in [3.8, 4) is 33.6 Å². The van der Waals surface area contributed by atoms with Crippen molar-refractivity contribution in [2.75, 3.05) is 5.32 Å². The number of carbonyl (C=O) groups excluding carboxylic acids is 1. The van der Waals surface area contributed by atoms with Crippen molar-refractivity contribution >= 4 is 22.6 Å². The first-order valence-electron chi connectivity index (χ1n) is 10.9. The van der Waals surface area contributed by atoms with Crippen LogP contribution in [0.5, 0.6) is 0 Å². The molecule has 1 aliphatic rings. The molecule has 2 aromatic carbocycles. The predicted molar refractivity (Wildman–Crippen MR) is 126 cm³/mol. The minimum atomic E-state index is 0.0490. The number of nitrogens with one attached hydrogen (secondary N) is 2. The van der Waals surface area contributed by atoms with Crippen molar-refractivity contribution in [3.05, 3.63) is 59.7 Å². The molecule has 0 radical (unpaired) electrons. The lowest BCUT2D eigenvalue weighted by atomic mass is 9.90. The van der Waals surface area contributed by atoms with Crippen LogP contribution in [-0.4, -0.2) is 30.8 Å². The fraction of sp³-hybridized carbons (Fsp3) is 0.200. The van der Waals surface area contributed by atoms with E-state index < -0.39 is 0 Å². The number of aryl methyl sites for hydroxylation is 3. The fourth-order valence-corrected chi connectivity index (χ4v) is 4.72.